The lowest BCUT2D eigenvalue weighted by molar-refractivity contribution is 0.0835. The highest BCUT2D eigenvalue weighted by molar-refractivity contribution is 6.29. The second kappa shape index (κ2) is 7.10. The van der Waals surface area contributed by atoms with Gasteiger partial charge in [-0.15, -0.1) is 0 Å². The van der Waals surface area contributed by atoms with Crippen LogP contribution in [0.25, 0.3) is 0 Å². The molecule has 0 aliphatic carbocycles. The average Bonchev–Trinajstić information content (AvgIpc) is 2.28. The molecule has 16 heavy (non-hydrogen) atoms. The average molecular weight is 246 g/mol. The zero-order valence-corrected chi connectivity index (χ0v) is 9.28. The van der Waals surface area contributed by atoms with Gasteiger partial charge in [0.2, 0.25) is 0 Å². The second-order valence-corrected chi connectivity index (χ2v) is 3.21. The number of aromatic nitrogens is 2. The first-order valence-electron chi connectivity index (χ1n) is 4.68. The molecule has 1 aromatic rings. The van der Waals surface area contributed by atoms with Gasteiger partial charge in [-0.05, 0) is 0 Å². The van der Waals surface area contributed by atoms with E-state index in [0.717, 1.165) is 0 Å². The van der Waals surface area contributed by atoms with Crippen molar-refractivity contribution < 1.29 is 14.6 Å². The molecular formula is C9H12ClN3O3. The molecule has 1 rings (SSSR count). The number of hydrogen-bond acceptors (Lipinski definition) is 5. The van der Waals surface area contributed by atoms with Gasteiger partial charge < -0.3 is 15.2 Å². The molecule has 0 atom stereocenters. The van der Waals surface area contributed by atoms with Crippen LogP contribution in [0.15, 0.2) is 12.4 Å². The molecule has 88 valence electrons. The van der Waals surface area contributed by atoms with Crippen molar-refractivity contribution in [1.82, 2.24) is 15.3 Å². The highest BCUT2D eigenvalue weighted by atomic mass is 35.5. The molecule has 2 N–H and O–H groups in total. The largest absolute Gasteiger partial charge is 0.394 e. The Kier molecular flexibility index (Phi) is 5.69. The van der Waals surface area contributed by atoms with Crippen molar-refractivity contribution in [3.05, 3.63) is 23.2 Å². The van der Waals surface area contributed by atoms with Crippen molar-refractivity contribution in [2.45, 2.75) is 0 Å². The molecule has 0 aromatic carbocycles. The van der Waals surface area contributed by atoms with Gasteiger partial charge >= 0.3 is 0 Å². The molecule has 0 unspecified atom stereocenters. The van der Waals surface area contributed by atoms with Crippen LogP contribution in [0.3, 0.4) is 0 Å². The lowest BCUT2D eigenvalue weighted by Crippen LogP contribution is -2.28. The lowest BCUT2D eigenvalue weighted by Gasteiger charge is -2.04. The predicted octanol–water partition coefficient (Wildman–Crippen LogP) is -0.131. The van der Waals surface area contributed by atoms with Gasteiger partial charge in [-0.3, -0.25) is 9.78 Å². The number of ether oxygens (including phenoxy) is 1. The molecule has 0 saturated heterocycles. The number of nitrogens with one attached hydrogen (secondary N) is 1. The van der Waals surface area contributed by atoms with Gasteiger partial charge in [0.25, 0.3) is 5.91 Å². The Bertz CT molecular complexity index is 349. The Morgan fingerprint density at radius 2 is 2.31 bits per heavy atom. The molecule has 1 aromatic heterocycles. The van der Waals surface area contributed by atoms with E-state index >= 15 is 0 Å². The van der Waals surface area contributed by atoms with E-state index in [1.807, 2.05) is 0 Å². The topological polar surface area (TPSA) is 84.3 Å². The first-order valence-corrected chi connectivity index (χ1v) is 5.06. The molecule has 0 spiro atoms. The van der Waals surface area contributed by atoms with Crippen LogP contribution in [0.1, 0.15) is 10.5 Å². The molecule has 0 bridgehead atoms. The van der Waals surface area contributed by atoms with E-state index in [1.165, 1.54) is 12.4 Å². The summed E-state index contributed by atoms with van der Waals surface area (Å²) < 4.78 is 4.97. The molecule has 0 fully saturated rings. The third kappa shape index (κ3) is 4.52. The maximum atomic E-state index is 11.5. The summed E-state index contributed by atoms with van der Waals surface area (Å²) in [5.41, 5.74) is 0.162. The number of carbonyl (C=O) groups excluding carboxylic acids is 1. The molecule has 6 nitrogen and oxygen atoms in total. The maximum absolute atomic E-state index is 11.5. The highest BCUT2D eigenvalue weighted by Gasteiger charge is 2.06. The van der Waals surface area contributed by atoms with Gasteiger partial charge in [-0.25, -0.2) is 4.98 Å². The summed E-state index contributed by atoms with van der Waals surface area (Å²) >= 11 is 5.59. The van der Waals surface area contributed by atoms with Crippen molar-refractivity contribution in [3.8, 4) is 0 Å². The molecule has 1 amide bonds. The van der Waals surface area contributed by atoms with Crippen LogP contribution in [-0.2, 0) is 4.74 Å². The Hall–Kier alpha value is -1.24. The quantitative estimate of drug-likeness (QED) is 0.682. The number of amides is 1. The van der Waals surface area contributed by atoms with Gasteiger partial charge in [0, 0.05) is 6.54 Å². The van der Waals surface area contributed by atoms with Crippen LogP contribution in [0.5, 0.6) is 0 Å². The monoisotopic (exact) mass is 245 g/mol. The minimum atomic E-state index is -0.359. The third-order valence-electron chi connectivity index (χ3n) is 1.61. The second-order valence-electron chi connectivity index (χ2n) is 2.82. The van der Waals surface area contributed by atoms with Crippen molar-refractivity contribution in [2.75, 3.05) is 26.4 Å². The number of hydrogen-bond donors (Lipinski definition) is 2. The summed E-state index contributed by atoms with van der Waals surface area (Å²) in [6.45, 7) is 0.897. The molecule has 1 heterocycles. The van der Waals surface area contributed by atoms with Crippen LogP contribution in [0.4, 0.5) is 0 Å². The zero-order chi connectivity index (χ0) is 11.8. The highest BCUT2D eigenvalue weighted by Crippen LogP contribution is 2.01. The number of aliphatic hydroxyl groups excluding tert-OH is 1. The fourth-order valence-corrected chi connectivity index (χ4v) is 1.09. The molecule has 0 aliphatic rings. The summed E-state index contributed by atoms with van der Waals surface area (Å²) in [6.07, 6.45) is 2.68. The summed E-state index contributed by atoms with van der Waals surface area (Å²) in [7, 11) is 0. The van der Waals surface area contributed by atoms with Gasteiger partial charge in [0.15, 0.2) is 0 Å². The summed E-state index contributed by atoms with van der Waals surface area (Å²) in [5, 5.41) is 11.2. The van der Waals surface area contributed by atoms with Gasteiger partial charge in [0.1, 0.15) is 10.8 Å². The normalized spacial score (nSPS) is 10.1. The van der Waals surface area contributed by atoms with Crippen LogP contribution in [0, 0.1) is 0 Å². The first-order chi connectivity index (χ1) is 7.74. The predicted molar refractivity (Wildman–Crippen MR) is 57.3 cm³/mol. The summed E-state index contributed by atoms with van der Waals surface area (Å²) in [6, 6.07) is 0. The van der Waals surface area contributed by atoms with E-state index in [9.17, 15) is 4.79 Å². The smallest absolute Gasteiger partial charge is 0.271 e. The SMILES string of the molecule is O=C(NCCOCCO)c1cncc(Cl)n1. The lowest BCUT2D eigenvalue weighted by atomic mass is 10.4. The number of carbonyl (C=O) groups is 1. The first kappa shape index (κ1) is 12.8. The van der Waals surface area contributed by atoms with Crippen molar-refractivity contribution in [3.63, 3.8) is 0 Å². The molecule has 0 radical (unpaired) electrons. The van der Waals surface area contributed by atoms with Crippen LogP contribution in [0.2, 0.25) is 5.15 Å². The Morgan fingerprint density at radius 1 is 1.50 bits per heavy atom. The van der Waals surface area contributed by atoms with E-state index in [4.69, 9.17) is 21.4 Å². The molecule has 0 aliphatic heterocycles. The Morgan fingerprint density at radius 3 is 3.00 bits per heavy atom. The fraction of sp³-hybridized carbons (Fsp3) is 0.444. The van der Waals surface area contributed by atoms with Crippen molar-refractivity contribution in [1.29, 1.82) is 0 Å². The number of aliphatic hydroxyl groups is 1. The van der Waals surface area contributed by atoms with Gasteiger partial charge in [-0.1, -0.05) is 11.6 Å². The zero-order valence-electron chi connectivity index (χ0n) is 8.52. The van der Waals surface area contributed by atoms with E-state index in [-0.39, 0.29) is 30.0 Å². The molecule has 7 heteroatoms. The third-order valence-corrected chi connectivity index (χ3v) is 1.79. The Labute approximate surface area is 97.6 Å². The molecular weight excluding hydrogens is 234 g/mol. The fourth-order valence-electron chi connectivity index (χ4n) is 0.945. The van der Waals surface area contributed by atoms with E-state index < -0.39 is 0 Å². The number of rotatable bonds is 6. The maximum Gasteiger partial charge on any atom is 0.271 e. The van der Waals surface area contributed by atoms with Crippen molar-refractivity contribution >= 4 is 17.5 Å². The van der Waals surface area contributed by atoms with Crippen LogP contribution >= 0.6 is 11.6 Å². The van der Waals surface area contributed by atoms with Crippen LogP contribution in [-0.4, -0.2) is 47.3 Å². The summed E-state index contributed by atoms with van der Waals surface area (Å²) in [4.78, 5) is 19.0. The number of halogens is 1. The van der Waals surface area contributed by atoms with Crippen LogP contribution < -0.4 is 5.32 Å². The number of nitrogens with zero attached hydrogens (tertiary/aromatic N) is 2. The molecule has 0 saturated carbocycles. The van der Waals surface area contributed by atoms with E-state index in [1.54, 1.807) is 0 Å². The minimum absolute atomic E-state index is 0.0340. The van der Waals surface area contributed by atoms with E-state index in [0.29, 0.717) is 13.2 Å². The Balaban J connectivity index is 2.30. The van der Waals surface area contributed by atoms with Gasteiger partial charge in [-0.2, -0.15) is 0 Å². The van der Waals surface area contributed by atoms with E-state index in [2.05, 4.69) is 15.3 Å². The van der Waals surface area contributed by atoms with Crippen molar-refractivity contribution in [2.24, 2.45) is 0 Å². The van der Waals surface area contributed by atoms with Gasteiger partial charge in [0.05, 0.1) is 32.2 Å². The summed E-state index contributed by atoms with van der Waals surface area (Å²) in [5.74, 6) is -0.359. The minimum Gasteiger partial charge on any atom is -0.394 e. The standard InChI is InChI=1S/C9H12ClN3O3/c10-8-6-11-5-7(13-8)9(15)12-1-3-16-4-2-14/h5-6,14H,1-4H2,(H,12,15).